The fourth-order valence-corrected chi connectivity index (χ4v) is 1.78. The predicted octanol–water partition coefficient (Wildman–Crippen LogP) is 2.45. The van der Waals surface area contributed by atoms with Crippen LogP contribution in [0.15, 0.2) is 40.8 Å². The summed E-state index contributed by atoms with van der Waals surface area (Å²) in [4.78, 5) is 11.2. The lowest BCUT2D eigenvalue weighted by Crippen LogP contribution is -2.12. The molecule has 5 heteroatoms. The molecule has 0 fully saturated rings. The zero-order valence-electron chi connectivity index (χ0n) is 10.4. The van der Waals surface area contributed by atoms with Crippen LogP contribution in [0.5, 0.6) is 0 Å². The van der Waals surface area contributed by atoms with Crippen LogP contribution >= 0.6 is 0 Å². The molecule has 0 radical (unpaired) electrons. The van der Waals surface area contributed by atoms with Crippen LogP contribution < -0.4 is 5.73 Å². The molecule has 0 spiro atoms. The minimum Gasteiger partial charge on any atom is -0.463 e. The Morgan fingerprint density at radius 3 is 2.89 bits per heavy atom. The molecule has 1 heterocycles. The number of nitrogens with two attached hydrogens (primary N) is 1. The number of hydrogen-bond donors (Lipinski definition) is 1. The van der Waals surface area contributed by atoms with Gasteiger partial charge < -0.3 is 14.9 Å². The van der Waals surface area contributed by atoms with Gasteiger partial charge in [0.1, 0.15) is 11.6 Å². The van der Waals surface area contributed by atoms with Crippen LogP contribution in [0.1, 0.15) is 27.9 Å². The van der Waals surface area contributed by atoms with E-state index in [0.717, 1.165) is 5.56 Å². The zero-order valence-corrected chi connectivity index (χ0v) is 10.4. The average Bonchev–Trinajstić information content (AvgIpc) is 2.87. The SMILES string of the molecule is COC(=O)c1ccc(C(N)Cc2cccc(F)c2)o1. The summed E-state index contributed by atoms with van der Waals surface area (Å²) in [7, 11) is 1.28. The fourth-order valence-electron chi connectivity index (χ4n) is 1.78. The van der Waals surface area contributed by atoms with E-state index in [1.54, 1.807) is 18.2 Å². The van der Waals surface area contributed by atoms with Crippen LogP contribution in [-0.2, 0) is 11.2 Å². The van der Waals surface area contributed by atoms with Crippen molar-refractivity contribution in [2.45, 2.75) is 12.5 Å². The maximum Gasteiger partial charge on any atom is 0.373 e. The Bertz CT molecular complexity index is 580. The second-order valence-electron chi connectivity index (χ2n) is 4.13. The molecular formula is C14H14FNO3. The second-order valence-corrected chi connectivity index (χ2v) is 4.13. The number of benzene rings is 1. The molecule has 1 aromatic carbocycles. The van der Waals surface area contributed by atoms with E-state index in [-0.39, 0.29) is 11.6 Å². The molecule has 0 bridgehead atoms. The van der Waals surface area contributed by atoms with Crippen molar-refractivity contribution in [2.24, 2.45) is 5.73 Å². The molecule has 2 rings (SSSR count). The van der Waals surface area contributed by atoms with Gasteiger partial charge in [-0.1, -0.05) is 12.1 Å². The standard InChI is InChI=1S/C14H14FNO3/c1-18-14(17)13-6-5-12(19-13)11(16)8-9-3-2-4-10(15)7-9/h2-7,11H,8,16H2,1H3. The van der Waals surface area contributed by atoms with E-state index >= 15 is 0 Å². The number of hydrogen-bond acceptors (Lipinski definition) is 4. The number of rotatable bonds is 4. The Morgan fingerprint density at radius 1 is 1.42 bits per heavy atom. The van der Waals surface area contributed by atoms with E-state index in [1.165, 1.54) is 25.3 Å². The summed E-state index contributed by atoms with van der Waals surface area (Å²) in [6, 6.07) is 8.89. The Balaban J connectivity index is 2.09. The van der Waals surface area contributed by atoms with E-state index in [2.05, 4.69) is 4.74 Å². The molecule has 2 aromatic rings. The van der Waals surface area contributed by atoms with Crippen molar-refractivity contribution in [3.05, 3.63) is 59.3 Å². The van der Waals surface area contributed by atoms with Gasteiger partial charge in [-0.2, -0.15) is 0 Å². The quantitative estimate of drug-likeness (QED) is 0.860. The van der Waals surface area contributed by atoms with Gasteiger partial charge in [-0.05, 0) is 36.2 Å². The Hall–Kier alpha value is -2.14. The van der Waals surface area contributed by atoms with E-state index in [4.69, 9.17) is 10.2 Å². The van der Waals surface area contributed by atoms with Crippen molar-refractivity contribution in [2.75, 3.05) is 7.11 Å². The van der Waals surface area contributed by atoms with Crippen LogP contribution in [0.3, 0.4) is 0 Å². The van der Waals surface area contributed by atoms with Crippen LogP contribution in [0.2, 0.25) is 0 Å². The van der Waals surface area contributed by atoms with Crippen molar-refractivity contribution in [3.63, 3.8) is 0 Å². The summed E-state index contributed by atoms with van der Waals surface area (Å²) >= 11 is 0. The lowest BCUT2D eigenvalue weighted by Gasteiger charge is -2.08. The van der Waals surface area contributed by atoms with Gasteiger partial charge in [-0.15, -0.1) is 0 Å². The summed E-state index contributed by atoms with van der Waals surface area (Å²) < 4.78 is 22.9. The molecule has 1 atom stereocenters. The maximum atomic E-state index is 13.1. The molecule has 0 saturated heterocycles. The highest BCUT2D eigenvalue weighted by Gasteiger charge is 2.16. The van der Waals surface area contributed by atoms with Gasteiger partial charge in [0.15, 0.2) is 0 Å². The maximum absolute atomic E-state index is 13.1. The molecule has 0 aliphatic carbocycles. The minimum absolute atomic E-state index is 0.104. The number of esters is 1. The van der Waals surface area contributed by atoms with Gasteiger partial charge in [0, 0.05) is 0 Å². The summed E-state index contributed by atoms with van der Waals surface area (Å²) in [5.74, 6) is -0.291. The van der Waals surface area contributed by atoms with E-state index < -0.39 is 12.0 Å². The molecule has 1 unspecified atom stereocenters. The van der Waals surface area contributed by atoms with Gasteiger partial charge in [-0.3, -0.25) is 0 Å². The number of carbonyl (C=O) groups is 1. The molecule has 0 aliphatic rings. The van der Waals surface area contributed by atoms with Crippen molar-refractivity contribution >= 4 is 5.97 Å². The van der Waals surface area contributed by atoms with Crippen LogP contribution in [0.4, 0.5) is 4.39 Å². The summed E-state index contributed by atoms with van der Waals surface area (Å²) in [6.07, 6.45) is 0.423. The zero-order chi connectivity index (χ0) is 13.8. The molecule has 1 aromatic heterocycles. The Kier molecular flexibility index (Phi) is 3.97. The normalized spacial score (nSPS) is 12.2. The largest absolute Gasteiger partial charge is 0.463 e. The second kappa shape index (κ2) is 5.67. The molecule has 0 aliphatic heterocycles. The molecule has 0 amide bonds. The van der Waals surface area contributed by atoms with Gasteiger partial charge >= 0.3 is 5.97 Å². The minimum atomic E-state index is -0.552. The smallest absolute Gasteiger partial charge is 0.373 e. The highest BCUT2D eigenvalue weighted by Crippen LogP contribution is 2.19. The molecule has 2 N–H and O–H groups in total. The third-order valence-electron chi connectivity index (χ3n) is 2.72. The molecular weight excluding hydrogens is 249 g/mol. The lowest BCUT2D eigenvalue weighted by molar-refractivity contribution is 0.0562. The first-order valence-electron chi connectivity index (χ1n) is 5.78. The van der Waals surface area contributed by atoms with E-state index in [9.17, 15) is 9.18 Å². The first-order valence-corrected chi connectivity index (χ1v) is 5.78. The molecule has 100 valence electrons. The monoisotopic (exact) mass is 263 g/mol. The van der Waals surface area contributed by atoms with Crippen molar-refractivity contribution in [1.82, 2.24) is 0 Å². The van der Waals surface area contributed by atoms with Gasteiger partial charge in [0.05, 0.1) is 13.2 Å². The van der Waals surface area contributed by atoms with Crippen LogP contribution in [-0.4, -0.2) is 13.1 Å². The molecule has 0 saturated carbocycles. The van der Waals surface area contributed by atoms with Crippen molar-refractivity contribution in [1.29, 1.82) is 0 Å². The summed E-state index contributed by atoms with van der Waals surface area (Å²) in [5.41, 5.74) is 6.73. The van der Waals surface area contributed by atoms with Crippen molar-refractivity contribution in [3.8, 4) is 0 Å². The number of ether oxygens (including phenoxy) is 1. The average molecular weight is 263 g/mol. The predicted molar refractivity (Wildman–Crippen MR) is 67.1 cm³/mol. The first kappa shape index (κ1) is 13.3. The first-order chi connectivity index (χ1) is 9.10. The number of methoxy groups -OCH3 is 1. The van der Waals surface area contributed by atoms with Gasteiger partial charge in [0.25, 0.3) is 0 Å². The molecule has 4 nitrogen and oxygen atoms in total. The van der Waals surface area contributed by atoms with E-state index in [1.807, 2.05) is 0 Å². The van der Waals surface area contributed by atoms with Gasteiger partial charge in [0.2, 0.25) is 5.76 Å². The number of halogens is 1. The Morgan fingerprint density at radius 2 is 2.21 bits per heavy atom. The van der Waals surface area contributed by atoms with Gasteiger partial charge in [-0.25, -0.2) is 9.18 Å². The number of furan rings is 1. The highest BCUT2D eigenvalue weighted by molar-refractivity contribution is 5.86. The van der Waals surface area contributed by atoms with Crippen LogP contribution in [0, 0.1) is 5.82 Å². The highest BCUT2D eigenvalue weighted by atomic mass is 19.1. The summed E-state index contributed by atoms with van der Waals surface area (Å²) in [5, 5.41) is 0. The topological polar surface area (TPSA) is 65.5 Å². The third kappa shape index (κ3) is 3.20. The van der Waals surface area contributed by atoms with Crippen LogP contribution in [0.25, 0.3) is 0 Å². The molecule has 19 heavy (non-hydrogen) atoms. The van der Waals surface area contributed by atoms with E-state index in [0.29, 0.717) is 12.2 Å². The fraction of sp³-hybridized carbons (Fsp3) is 0.214. The number of carbonyl (C=O) groups excluding carboxylic acids is 1. The summed E-state index contributed by atoms with van der Waals surface area (Å²) in [6.45, 7) is 0. The lowest BCUT2D eigenvalue weighted by atomic mass is 10.0. The Labute approximate surface area is 110 Å². The third-order valence-corrected chi connectivity index (χ3v) is 2.72. The van der Waals surface area contributed by atoms with Crippen molar-refractivity contribution < 1.29 is 18.3 Å².